The van der Waals surface area contributed by atoms with E-state index in [0.717, 1.165) is 43.5 Å². The van der Waals surface area contributed by atoms with E-state index in [1.165, 1.54) is 32.1 Å². The van der Waals surface area contributed by atoms with Crippen LogP contribution >= 0.6 is 0 Å². The SMILES string of the molecule is COCc1ccc(N2CCN(C3CCCCC3)CC2)c([N+](=O)[O-])c1. The van der Waals surface area contributed by atoms with Crippen molar-refractivity contribution < 1.29 is 9.66 Å². The Bertz CT molecular complexity index is 565. The fourth-order valence-corrected chi connectivity index (χ4v) is 4.01. The van der Waals surface area contributed by atoms with Gasteiger partial charge in [-0.1, -0.05) is 25.3 Å². The minimum atomic E-state index is -0.276. The maximum Gasteiger partial charge on any atom is 0.292 e. The molecule has 1 aromatic rings. The van der Waals surface area contributed by atoms with Crippen LogP contribution in [0.25, 0.3) is 0 Å². The lowest BCUT2D eigenvalue weighted by Crippen LogP contribution is -2.51. The van der Waals surface area contributed by atoms with Crippen LogP contribution in [0.2, 0.25) is 0 Å². The number of ether oxygens (including phenoxy) is 1. The molecule has 132 valence electrons. The van der Waals surface area contributed by atoms with Crippen LogP contribution in [0.3, 0.4) is 0 Å². The summed E-state index contributed by atoms with van der Waals surface area (Å²) in [6.07, 6.45) is 6.68. The van der Waals surface area contributed by atoms with Crippen molar-refractivity contribution in [3.63, 3.8) is 0 Å². The highest BCUT2D eigenvalue weighted by atomic mass is 16.6. The molecule has 1 saturated heterocycles. The van der Waals surface area contributed by atoms with Crippen molar-refractivity contribution in [1.29, 1.82) is 0 Å². The first kappa shape index (κ1) is 17.2. The molecular weight excluding hydrogens is 306 g/mol. The Morgan fingerprint density at radius 3 is 2.50 bits per heavy atom. The Morgan fingerprint density at radius 1 is 1.17 bits per heavy atom. The molecule has 6 nitrogen and oxygen atoms in total. The Kier molecular flexibility index (Phi) is 5.68. The first-order chi connectivity index (χ1) is 11.7. The van der Waals surface area contributed by atoms with Gasteiger partial charge >= 0.3 is 0 Å². The van der Waals surface area contributed by atoms with E-state index in [9.17, 15) is 10.1 Å². The quantitative estimate of drug-likeness (QED) is 0.612. The van der Waals surface area contributed by atoms with Gasteiger partial charge in [0, 0.05) is 45.4 Å². The Hall–Kier alpha value is -1.66. The van der Waals surface area contributed by atoms with Crippen molar-refractivity contribution in [2.45, 2.75) is 44.8 Å². The van der Waals surface area contributed by atoms with Gasteiger partial charge < -0.3 is 9.64 Å². The predicted molar refractivity (Wildman–Crippen MR) is 94.5 cm³/mol. The lowest BCUT2D eigenvalue weighted by Gasteiger charge is -2.41. The smallest absolute Gasteiger partial charge is 0.292 e. The zero-order valence-corrected chi connectivity index (χ0v) is 14.4. The van der Waals surface area contributed by atoms with Gasteiger partial charge in [-0.15, -0.1) is 0 Å². The number of hydrogen-bond acceptors (Lipinski definition) is 5. The molecule has 0 spiro atoms. The van der Waals surface area contributed by atoms with E-state index >= 15 is 0 Å². The zero-order valence-electron chi connectivity index (χ0n) is 14.4. The van der Waals surface area contributed by atoms with E-state index in [0.29, 0.717) is 6.61 Å². The number of anilines is 1. The van der Waals surface area contributed by atoms with Gasteiger partial charge in [-0.25, -0.2) is 0 Å². The van der Waals surface area contributed by atoms with Gasteiger partial charge in [-0.05, 0) is 24.5 Å². The zero-order chi connectivity index (χ0) is 16.9. The predicted octanol–water partition coefficient (Wildman–Crippen LogP) is 3.20. The second-order valence-corrected chi connectivity index (χ2v) is 6.83. The summed E-state index contributed by atoms with van der Waals surface area (Å²) in [6, 6.07) is 6.18. The first-order valence-corrected chi connectivity index (χ1v) is 8.94. The van der Waals surface area contributed by atoms with E-state index in [-0.39, 0.29) is 10.6 Å². The Labute approximate surface area is 143 Å². The van der Waals surface area contributed by atoms with Gasteiger partial charge in [0.1, 0.15) is 5.69 Å². The van der Waals surface area contributed by atoms with Crippen LogP contribution in [0, 0.1) is 10.1 Å². The van der Waals surface area contributed by atoms with Crippen LogP contribution < -0.4 is 4.90 Å². The van der Waals surface area contributed by atoms with E-state index in [1.807, 2.05) is 12.1 Å². The summed E-state index contributed by atoms with van der Waals surface area (Å²) >= 11 is 0. The van der Waals surface area contributed by atoms with Crippen LogP contribution in [0.1, 0.15) is 37.7 Å². The molecule has 0 atom stereocenters. The number of rotatable bonds is 5. The fraction of sp³-hybridized carbons (Fsp3) is 0.667. The van der Waals surface area contributed by atoms with Crippen LogP contribution in [-0.4, -0.2) is 49.2 Å². The standard InChI is InChI=1S/C18H27N3O3/c1-24-14-15-7-8-17(18(13-15)21(22)23)20-11-9-19(10-12-20)16-5-3-2-4-6-16/h7-8,13,16H,2-6,9-12,14H2,1H3. The Morgan fingerprint density at radius 2 is 1.88 bits per heavy atom. The van der Waals surface area contributed by atoms with Crippen LogP contribution in [0.4, 0.5) is 11.4 Å². The molecule has 1 aliphatic heterocycles. The van der Waals surface area contributed by atoms with Crippen molar-refractivity contribution in [1.82, 2.24) is 4.90 Å². The highest BCUT2D eigenvalue weighted by molar-refractivity contribution is 5.64. The van der Waals surface area contributed by atoms with E-state index in [4.69, 9.17) is 4.74 Å². The summed E-state index contributed by atoms with van der Waals surface area (Å²) in [5.41, 5.74) is 1.77. The Balaban J connectivity index is 1.68. The van der Waals surface area contributed by atoms with Crippen molar-refractivity contribution in [3.8, 4) is 0 Å². The molecule has 0 bridgehead atoms. The van der Waals surface area contributed by atoms with E-state index in [2.05, 4.69) is 9.80 Å². The number of benzene rings is 1. The number of piperazine rings is 1. The summed E-state index contributed by atoms with van der Waals surface area (Å²) in [5.74, 6) is 0. The van der Waals surface area contributed by atoms with Crippen LogP contribution in [0.5, 0.6) is 0 Å². The third-order valence-corrected chi connectivity index (χ3v) is 5.29. The molecule has 0 amide bonds. The molecule has 1 saturated carbocycles. The van der Waals surface area contributed by atoms with E-state index in [1.54, 1.807) is 13.2 Å². The average molecular weight is 333 g/mol. The molecule has 1 aromatic carbocycles. The highest BCUT2D eigenvalue weighted by Gasteiger charge is 2.28. The summed E-state index contributed by atoms with van der Waals surface area (Å²) in [7, 11) is 1.60. The van der Waals surface area contributed by atoms with Gasteiger partial charge in [0.15, 0.2) is 0 Å². The lowest BCUT2D eigenvalue weighted by molar-refractivity contribution is -0.384. The molecule has 2 aliphatic rings. The summed E-state index contributed by atoms with van der Waals surface area (Å²) in [4.78, 5) is 15.9. The normalized spacial score (nSPS) is 20.3. The number of methoxy groups -OCH3 is 1. The minimum Gasteiger partial charge on any atom is -0.380 e. The molecule has 2 fully saturated rings. The molecule has 0 unspecified atom stereocenters. The fourth-order valence-electron chi connectivity index (χ4n) is 4.01. The lowest BCUT2D eigenvalue weighted by atomic mass is 9.94. The molecule has 0 aromatic heterocycles. The highest BCUT2D eigenvalue weighted by Crippen LogP contribution is 2.31. The van der Waals surface area contributed by atoms with E-state index < -0.39 is 0 Å². The summed E-state index contributed by atoms with van der Waals surface area (Å²) in [6.45, 7) is 4.13. The molecule has 3 rings (SSSR count). The van der Waals surface area contributed by atoms with Gasteiger partial charge in [0.25, 0.3) is 5.69 Å². The minimum absolute atomic E-state index is 0.190. The largest absolute Gasteiger partial charge is 0.380 e. The van der Waals surface area contributed by atoms with Gasteiger partial charge in [0.05, 0.1) is 11.5 Å². The van der Waals surface area contributed by atoms with Crippen molar-refractivity contribution in [3.05, 3.63) is 33.9 Å². The average Bonchev–Trinajstić information content (AvgIpc) is 2.63. The third kappa shape index (κ3) is 3.87. The molecular formula is C18H27N3O3. The molecule has 6 heteroatoms. The van der Waals surface area contributed by atoms with Crippen LogP contribution in [-0.2, 0) is 11.3 Å². The number of nitro benzene ring substituents is 1. The second-order valence-electron chi connectivity index (χ2n) is 6.83. The maximum atomic E-state index is 11.5. The summed E-state index contributed by atoms with van der Waals surface area (Å²) < 4.78 is 5.09. The van der Waals surface area contributed by atoms with Gasteiger partial charge in [0.2, 0.25) is 0 Å². The van der Waals surface area contributed by atoms with Crippen molar-refractivity contribution in [2.75, 3.05) is 38.2 Å². The first-order valence-electron chi connectivity index (χ1n) is 8.94. The number of hydrogen-bond donors (Lipinski definition) is 0. The molecule has 0 N–H and O–H groups in total. The topological polar surface area (TPSA) is 58.8 Å². The molecule has 1 heterocycles. The second kappa shape index (κ2) is 7.94. The monoisotopic (exact) mass is 333 g/mol. The molecule has 1 aliphatic carbocycles. The van der Waals surface area contributed by atoms with Crippen molar-refractivity contribution >= 4 is 11.4 Å². The number of nitro groups is 1. The number of nitrogens with zero attached hydrogens (tertiary/aromatic N) is 3. The molecule has 24 heavy (non-hydrogen) atoms. The van der Waals surface area contributed by atoms with Crippen molar-refractivity contribution in [2.24, 2.45) is 0 Å². The summed E-state index contributed by atoms with van der Waals surface area (Å²) in [5, 5.41) is 11.5. The van der Waals surface area contributed by atoms with Gasteiger partial charge in [-0.3, -0.25) is 15.0 Å². The van der Waals surface area contributed by atoms with Crippen LogP contribution in [0.15, 0.2) is 18.2 Å². The third-order valence-electron chi connectivity index (χ3n) is 5.29. The molecule has 0 radical (unpaired) electrons. The maximum absolute atomic E-state index is 11.5. The van der Waals surface area contributed by atoms with Gasteiger partial charge in [-0.2, -0.15) is 0 Å².